The molecular formula is C13H27N3O4S. The third-order valence-corrected chi connectivity index (χ3v) is 5.51. The van der Waals surface area contributed by atoms with Crippen LogP contribution < -0.4 is 4.72 Å². The molecule has 7 nitrogen and oxygen atoms in total. The van der Waals surface area contributed by atoms with Crippen LogP contribution in [0, 0.1) is 5.92 Å². The summed E-state index contributed by atoms with van der Waals surface area (Å²) in [4.78, 5) is 13.4. The topological polar surface area (TPSA) is 79.0 Å². The highest BCUT2D eigenvalue weighted by atomic mass is 32.2. The molecule has 1 aliphatic rings. The molecule has 0 aromatic heterocycles. The van der Waals surface area contributed by atoms with Crippen molar-refractivity contribution in [2.45, 2.75) is 26.2 Å². The number of piperidine rings is 1. The summed E-state index contributed by atoms with van der Waals surface area (Å²) in [5.74, 6) is -0.0273. The van der Waals surface area contributed by atoms with Crippen molar-refractivity contribution in [3.63, 3.8) is 0 Å². The van der Waals surface area contributed by atoms with E-state index in [9.17, 15) is 13.2 Å². The van der Waals surface area contributed by atoms with E-state index in [2.05, 4.69) is 21.3 Å². The number of rotatable bonds is 8. The van der Waals surface area contributed by atoms with Gasteiger partial charge in [-0.15, -0.1) is 0 Å². The first kappa shape index (κ1) is 18.3. The quantitative estimate of drug-likeness (QED) is 0.639. The Morgan fingerprint density at radius 1 is 1.38 bits per heavy atom. The van der Waals surface area contributed by atoms with E-state index in [0.717, 1.165) is 36.8 Å². The molecule has 1 heterocycles. The van der Waals surface area contributed by atoms with Gasteiger partial charge in [0.1, 0.15) is 0 Å². The molecule has 0 amide bonds. The maximum absolute atomic E-state index is 12.0. The minimum absolute atomic E-state index is 0.0583. The summed E-state index contributed by atoms with van der Waals surface area (Å²) >= 11 is 0. The van der Waals surface area contributed by atoms with Gasteiger partial charge in [0.2, 0.25) is 0 Å². The SMILES string of the molecule is CCN1CCC(CNS(=O)(=O)N(C)CCC(=O)OC)CC1. The molecule has 0 radical (unpaired) electrons. The molecule has 0 aromatic rings. The van der Waals surface area contributed by atoms with Crippen LogP contribution in [0.1, 0.15) is 26.2 Å². The zero-order valence-electron chi connectivity index (χ0n) is 13.2. The van der Waals surface area contributed by atoms with Crippen LogP contribution in [0.2, 0.25) is 0 Å². The lowest BCUT2D eigenvalue weighted by Crippen LogP contribution is -2.43. The summed E-state index contributed by atoms with van der Waals surface area (Å²) in [5.41, 5.74) is 0. The van der Waals surface area contributed by atoms with E-state index in [1.165, 1.54) is 14.2 Å². The van der Waals surface area contributed by atoms with Crippen LogP contribution in [0.5, 0.6) is 0 Å². The second kappa shape index (κ2) is 8.67. The molecule has 0 bridgehead atoms. The van der Waals surface area contributed by atoms with Gasteiger partial charge in [0, 0.05) is 20.1 Å². The van der Waals surface area contributed by atoms with Crippen LogP contribution in [0.4, 0.5) is 0 Å². The number of carbonyl (C=O) groups is 1. The molecule has 1 fully saturated rings. The van der Waals surface area contributed by atoms with E-state index >= 15 is 0 Å². The van der Waals surface area contributed by atoms with Crippen molar-refractivity contribution in [1.29, 1.82) is 0 Å². The smallest absolute Gasteiger partial charge is 0.306 e. The Balaban J connectivity index is 2.33. The van der Waals surface area contributed by atoms with Gasteiger partial charge in [-0.1, -0.05) is 6.92 Å². The number of nitrogens with zero attached hydrogens (tertiary/aromatic N) is 2. The minimum Gasteiger partial charge on any atom is -0.469 e. The number of esters is 1. The van der Waals surface area contributed by atoms with E-state index in [0.29, 0.717) is 12.5 Å². The first-order chi connectivity index (χ1) is 9.89. The highest BCUT2D eigenvalue weighted by molar-refractivity contribution is 7.87. The van der Waals surface area contributed by atoms with E-state index in [1.54, 1.807) is 0 Å². The number of nitrogens with one attached hydrogen (secondary N) is 1. The zero-order chi connectivity index (χ0) is 15.9. The fraction of sp³-hybridized carbons (Fsp3) is 0.923. The van der Waals surface area contributed by atoms with Crippen molar-refractivity contribution >= 4 is 16.2 Å². The van der Waals surface area contributed by atoms with Crippen molar-refractivity contribution in [3.05, 3.63) is 0 Å². The Morgan fingerprint density at radius 2 is 2.00 bits per heavy atom. The third kappa shape index (κ3) is 6.29. The lowest BCUT2D eigenvalue weighted by molar-refractivity contribution is -0.140. The lowest BCUT2D eigenvalue weighted by Gasteiger charge is -2.31. The summed E-state index contributed by atoms with van der Waals surface area (Å²) in [6.07, 6.45) is 2.09. The van der Waals surface area contributed by atoms with Crippen LogP contribution in [0.15, 0.2) is 0 Å². The van der Waals surface area contributed by atoms with Gasteiger partial charge < -0.3 is 9.64 Å². The van der Waals surface area contributed by atoms with Gasteiger partial charge in [0.25, 0.3) is 10.2 Å². The maximum Gasteiger partial charge on any atom is 0.306 e. The Labute approximate surface area is 127 Å². The highest BCUT2D eigenvalue weighted by Gasteiger charge is 2.22. The predicted molar refractivity (Wildman–Crippen MR) is 81.0 cm³/mol. The zero-order valence-corrected chi connectivity index (χ0v) is 14.0. The van der Waals surface area contributed by atoms with Crippen molar-refractivity contribution < 1.29 is 17.9 Å². The van der Waals surface area contributed by atoms with Gasteiger partial charge in [0.05, 0.1) is 13.5 Å². The molecule has 124 valence electrons. The van der Waals surface area contributed by atoms with Crippen LogP contribution in [-0.2, 0) is 19.7 Å². The van der Waals surface area contributed by atoms with Gasteiger partial charge in [-0.2, -0.15) is 12.7 Å². The number of carbonyl (C=O) groups excluding carboxylic acids is 1. The summed E-state index contributed by atoms with van der Waals surface area (Å²) in [5, 5.41) is 0. The Morgan fingerprint density at radius 3 is 2.52 bits per heavy atom. The third-order valence-electron chi connectivity index (χ3n) is 3.98. The molecule has 0 unspecified atom stereocenters. The Kier molecular flexibility index (Phi) is 7.58. The lowest BCUT2D eigenvalue weighted by atomic mass is 9.97. The number of ether oxygens (including phenoxy) is 1. The fourth-order valence-electron chi connectivity index (χ4n) is 2.31. The highest BCUT2D eigenvalue weighted by Crippen LogP contribution is 2.16. The normalized spacial score (nSPS) is 18.1. The van der Waals surface area contributed by atoms with Crippen molar-refractivity contribution in [1.82, 2.24) is 13.9 Å². The molecule has 0 atom stereocenters. The largest absolute Gasteiger partial charge is 0.469 e. The number of hydrogen-bond donors (Lipinski definition) is 1. The number of likely N-dealkylation sites (tertiary alicyclic amines) is 1. The molecule has 8 heteroatoms. The molecule has 21 heavy (non-hydrogen) atoms. The van der Waals surface area contributed by atoms with Gasteiger partial charge in [-0.3, -0.25) is 4.79 Å². The summed E-state index contributed by atoms with van der Waals surface area (Å²) in [6.45, 7) is 5.83. The van der Waals surface area contributed by atoms with Crippen LogP contribution in [0.3, 0.4) is 0 Å². The van der Waals surface area contributed by atoms with Crippen molar-refractivity contribution in [2.75, 3.05) is 46.9 Å². The number of methoxy groups -OCH3 is 1. The first-order valence-corrected chi connectivity index (χ1v) is 8.83. The first-order valence-electron chi connectivity index (χ1n) is 7.39. The van der Waals surface area contributed by atoms with Crippen LogP contribution >= 0.6 is 0 Å². The summed E-state index contributed by atoms with van der Waals surface area (Å²) in [7, 11) is -0.768. The van der Waals surface area contributed by atoms with Crippen LogP contribution in [-0.4, -0.2) is 70.5 Å². The van der Waals surface area contributed by atoms with Gasteiger partial charge in [0.15, 0.2) is 0 Å². The molecule has 0 saturated carbocycles. The molecule has 0 spiro atoms. The van der Waals surface area contributed by atoms with E-state index < -0.39 is 16.2 Å². The second-order valence-corrected chi connectivity index (χ2v) is 7.24. The summed E-state index contributed by atoms with van der Waals surface area (Å²) < 4.78 is 32.4. The van der Waals surface area contributed by atoms with Gasteiger partial charge >= 0.3 is 5.97 Å². The second-order valence-electron chi connectivity index (χ2n) is 5.38. The maximum atomic E-state index is 12.0. The molecule has 0 aromatic carbocycles. The number of hydrogen-bond acceptors (Lipinski definition) is 5. The van der Waals surface area contributed by atoms with Crippen molar-refractivity contribution in [3.8, 4) is 0 Å². The van der Waals surface area contributed by atoms with Gasteiger partial charge in [-0.05, 0) is 38.4 Å². The van der Waals surface area contributed by atoms with E-state index in [-0.39, 0.29) is 13.0 Å². The molecule has 1 rings (SSSR count). The standard InChI is InChI=1S/C13H27N3O4S/c1-4-16-9-5-12(6-10-16)11-14-21(18,19)15(2)8-7-13(17)20-3/h12,14H,4-11H2,1-3H3. The Hall–Kier alpha value is -0.700. The molecule has 1 aliphatic heterocycles. The average Bonchev–Trinajstić information content (AvgIpc) is 2.50. The van der Waals surface area contributed by atoms with Crippen molar-refractivity contribution in [2.24, 2.45) is 5.92 Å². The van der Waals surface area contributed by atoms with Gasteiger partial charge in [-0.25, -0.2) is 4.72 Å². The fourth-order valence-corrected chi connectivity index (χ4v) is 3.31. The predicted octanol–water partition coefficient (Wildman–Crippen LogP) is 0.0476. The average molecular weight is 321 g/mol. The Bertz CT molecular complexity index is 419. The minimum atomic E-state index is -3.52. The monoisotopic (exact) mass is 321 g/mol. The van der Waals surface area contributed by atoms with Crippen LogP contribution in [0.25, 0.3) is 0 Å². The molecule has 1 saturated heterocycles. The molecular weight excluding hydrogens is 294 g/mol. The molecule has 1 N–H and O–H groups in total. The van der Waals surface area contributed by atoms with E-state index in [1.807, 2.05) is 0 Å². The van der Waals surface area contributed by atoms with E-state index in [4.69, 9.17) is 0 Å². The summed E-state index contributed by atoms with van der Waals surface area (Å²) in [6, 6.07) is 0. The molecule has 0 aliphatic carbocycles.